The Morgan fingerprint density at radius 3 is 2.65 bits per heavy atom. The number of aliphatic imine (C=N–C) groups is 1. The van der Waals surface area contributed by atoms with Gasteiger partial charge in [-0.2, -0.15) is 0 Å². The van der Waals surface area contributed by atoms with Gasteiger partial charge in [0.25, 0.3) is 0 Å². The predicted molar refractivity (Wildman–Crippen MR) is 92.7 cm³/mol. The lowest BCUT2D eigenvalue weighted by Crippen LogP contribution is -2.04. The quantitative estimate of drug-likeness (QED) is 0.642. The second-order valence-electron chi connectivity index (χ2n) is 5.42. The number of rotatable bonds is 3. The summed E-state index contributed by atoms with van der Waals surface area (Å²) in [4.78, 5) is 18.3. The number of amides is 1. The first-order valence-corrected chi connectivity index (χ1v) is 7.26. The Labute approximate surface area is 133 Å². The number of aromatic hydroxyl groups is 1. The zero-order chi connectivity index (χ0) is 16.4. The molecule has 0 bridgehead atoms. The first kappa shape index (κ1) is 14.8. The minimum absolute atomic E-state index is 0.101. The van der Waals surface area contributed by atoms with E-state index >= 15 is 0 Å². The number of nitrogens with zero attached hydrogens (tertiary/aromatic N) is 1. The first-order valence-electron chi connectivity index (χ1n) is 7.26. The summed E-state index contributed by atoms with van der Waals surface area (Å²) in [5.41, 5.74) is 4.11. The summed E-state index contributed by atoms with van der Waals surface area (Å²) in [6.07, 6.45) is 1.64. The SMILES string of the molecule is CC(=O)Nc1ccc(N=Cc2c(O)[nH]c3ccc(C)cc23)cc1. The summed E-state index contributed by atoms with van der Waals surface area (Å²) in [5.74, 6) is -0.00967. The minimum Gasteiger partial charge on any atom is -0.494 e. The van der Waals surface area contributed by atoms with Gasteiger partial charge in [0.15, 0.2) is 5.88 Å². The van der Waals surface area contributed by atoms with Crippen molar-refractivity contribution in [3.63, 3.8) is 0 Å². The number of carbonyl (C=O) groups is 1. The van der Waals surface area contributed by atoms with Crippen LogP contribution < -0.4 is 5.32 Å². The van der Waals surface area contributed by atoms with E-state index in [0.717, 1.165) is 27.8 Å². The molecule has 0 saturated carbocycles. The number of aromatic amines is 1. The van der Waals surface area contributed by atoms with Gasteiger partial charge in [0.2, 0.25) is 5.91 Å². The van der Waals surface area contributed by atoms with Crippen molar-refractivity contribution < 1.29 is 9.90 Å². The van der Waals surface area contributed by atoms with Gasteiger partial charge in [-0.05, 0) is 43.3 Å². The Morgan fingerprint density at radius 1 is 1.22 bits per heavy atom. The number of hydrogen-bond acceptors (Lipinski definition) is 3. The molecule has 0 saturated heterocycles. The molecule has 0 aliphatic carbocycles. The molecule has 0 unspecified atom stereocenters. The molecule has 5 nitrogen and oxygen atoms in total. The Kier molecular flexibility index (Phi) is 3.85. The van der Waals surface area contributed by atoms with Crippen LogP contribution in [0.15, 0.2) is 47.5 Å². The van der Waals surface area contributed by atoms with Gasteiger partial charge in [-0.1, -0.05) is 11.6 Å². The van der Waals surface area contributed by atoms with Crippen LogP contribution in [0.1, 0.15) is 18.1 Å². The van der Waals surface area contributed by atoms with Crippen LogP contribution in [0.4, 0.5) is 11.4 Å². The van der Waals surface area contributed by atoms with E-state index in [1.54, 1.807) is 30.5 Å². The standard InChI is InChI=1S/C18H17N3O2/c1-11-3-8-17-15(9-11)16(18(23)21-17)10-19-13-4-6-14(7-5-13)20-12(2)22/h3-10,21,23H,1-2H3,(H,20,22). The van der Waals surface area contributed by atoms with E-state index in [0.29, 0.717) is 5.56 Å². The Balaban J connectivity index is 1.89. The molecule has 1 aromatic heterocycles. The summed E-state index contributed by atoms with van der Waals surface area (Å²) in [7, 11) is 0. The number of carbonyl (C=O) groups excluding carboxylic acids is 1. The van der Waals surface area contributed by atoms with Crippen molar-refractivity contribution in [2.24, 2.45) is 4.99 Å². The molecular weight excluding hydrogens is 290 g/mol. The maximum atomic E-state index is 11.0. The van der Waals surface area contributed by atoms with E-state index < -0.39 is 0 Å². The number of aromatic nitrogens is 1. The Morgan fingerprint density at radius 2 is 1.96 bits per heavy atom. The van der Waals surface area contributed by atoms with E-state index in [2.05, 4.69) is 15.3 Å². The number of anilines is 1. The van der Waals surface area contributed by atoms with Crippen LogP contribution in [0.25, 0.3) is 10.9 Å². The highest BCUT2D eigenvalue weighted by molar-refractivity contribution is 6.02. The lowest BCUT2D eigenvalue weighted by molar-refractivity contribution is -0.114. The predicted octanol–water partition coefficient (Wildman–Crippen LogP) is 3.89. The van der Waals surface area contributed by atoms with Crippen molar-refractivity contribution in [3.8, 4) is 5.88 Å². The van der Waals surface area contributed by atoms with E-state index in [9.17, 15) is 9.90 Å². The molecule has 116 valence electrons. The van der Waals surface area contributed by atoms with Crippen molar-refractivity contribution in [1.82, 2.24) is 4.98 Å². The molecule has 0 spiro atoms. The van der Waals surface area contributed by atoms with Crippen LogP contribution in [0.5, 0.6) is 5.88 Å². The Bertz CT molecular complexity index is 893. The molecule has 0 atom stereocenters. The number of nitrogens with one attached hydrogen (secondary N) is 2. The van der Waals surface area contributed by atoms with Crippen molar-refractivity contribution >= 4 is 34.4 Å². The van der Waals surface area contributed by atoms with Gasteiger partial charge in [-0.3, -0.25) is 9.79 Å². The summed E-state index contributed by atoms with van der Waals surface area (Å²) >= 11 is 0. The summed E-state index contributed by atoms with van der Waals surface area (Å²) in [6, 6.07) is 13.1. The second-order valence-corrected chi connectivity index (χ2v) is 5.42. The van der Waals surface area contributed by atoms with Crippen molar-refractivity contribution in [2.75, 3.05) is 5.32 Å². The summed E-state index contributed by atoms with van der Waals surface area (Å²) < 4.78 is 0. The smallest absolute Gasteiger partial charge is 0.221 e. The van der Waals surface area contributed by atoms with Crippen molar-refractivity contribution in [1.29, 1.82) is 0 Å². The number of fused-ring (bicyclic) bond motifs is 1. The van der Waals surface area contributed by atoms with Gasteiger partial charge < -0.3 is 15.4 Å². The minimum atomic E-state index is -0.111. The van der Waals surface area contributed by atoms with E-state index in [1.807, 2.05) is 25.1 Å². The highest BCUT2D eigenvalue weighted by Gasteiger charge is 2.08. The van der Waals surface area contributed by atoms with Crippen LogP contribution in [-0.4, -0.2) is 22.2 Å². The third kappa shape index (κ3) is 3.23. The summed E-state index contributed by atoms with van der Waals surface area (Å²) in [5, 5.41) is 13.7. The van der Waals surface area contributed by atoms with Crippen LogP contribution in [0, 0.1) is 6.92 Å². The van der Waals surface area contributed by atoms with Crippen molar-refractivity contribution in [2.45, 2.75) is 13.8 Å². The van der Waals surface area contributed by atoms with E-state index in [4.69, 9.17) is 0 Å². The van der Waals surface area contributed by atoms with Gasteiger partial charge >= 0.3 is 0 Å². The first-order chi connectivity index (χ1) is 11.0. The number of H-pyrrole nitrogens is 1. The van der Waals surface area contributed by atoms with Crippen LogP contribution in [0.2, 0.25) is 0 Å². The maximum absolute atomic E-state index is 11.0. The molecule has 0 aliphatic rings. The van der Waals surface area contributed by atoms with Gasteiger partial charge in [0, 0.05) is 29.7 Å². The lowest BCUT2D eigenvalue weighted by Gasteiger charge is -2.01. The molecular formula is C18H17N3O2. The zero-order valence-electron chi connectivity index (χ0n) is 12.9. The monoisotopic (exact) mass is 307 g/mol. The fraction of sp³-hybridized carbons (Fsp3) is 0.111. The normalized spacial score (nSPS) is 11.2. The number of hydrogen-bond donors (Lipinski definition) is 3. The number of benzene rings is 2. The average Bonchev–Trinajstić information content (AvgIpc) is 2.81. The Hall–Kier alpha value is -3.08. The van der Waals surface area contributed by atoms with Crippen LogP contribution >= 0.6 is 0 Å². The lowest BCUT2D eigenvalue weighted by atomic mass is 10.1. The van der Waals surface area contributed by atoms with Gasteiger partial charge in [0.05, 0.1) is 11.3 Å². The molecule has 0 radical (unpaired) electrons. The molecule has 3 aromatic rings. The van der Waals surface area contributed by atoms with Crippen LogP contribution in [-0.2, 0) is 4.79 Å². The largest absolute Gasteiger partial charge is 0.494 e. The third-order valence-electron chi connectivity index (χ3n) is 3.50. The molecule has 23 heavy (non-hydrogen) atoms. The highest BCUT2D eigenvalue weighted by atomic mass is 16.3. The molecule has 1 amide bonds. The molecule has 3 N–H and O–H groups in total. The second kappa shape index (κ2) is 5.96. The zero-order valence-corrected chi connectivity index (χ0v) is 12.9. The van der Waals surface area contributed by atoms with E-state index in [1.165, 1.54) is 6.92 Å². The molecule has 2 aromatic carbocycles. The molecule has 0 fully saturated rings. The molecule has 3 rings (SSSR count). The van der Waals surface area contributed by atoms with E-state index in [-0.39, 0.29) is 11.8 Å². The summed E-state index contributed by atoms with van der Waals surface area (Å²) in [6.45, 7) is 3.47. The molecule has 5 heteroatoms. The maximum Gasteiger partial charge on any atom is 0.221 e. The van der Waals surface area contributed by atoms with Crippen molar-refractivity contribution in [3.05, 3.63) is 53.6 Å². The number of aryl methyl sites for hydroxylation is 1. The van der Waals surface area contributed by atoms with Gasteiger partial charge in [0.1, 0.15) is 0 Å². The van der Waals surface area contributed by atoms with Gasteiger partial charge in [-0.25, -0.2) is 0 Å². The average molecular weight is 307 g/mol. The fourth-order valence-corrected chi connectivity index (χ4v) is 2.42. The third-order valence-corrected chi connectivity index (χ3v) is 3.50. The molecule has 1 heterocycles. The highest BCUT2D eigenvalue weighted by Crippen LogP contribution is 2.27. The van der Waals surface area contributed by atoms with Crippen LogP contribution in [0.3, 0.4) is 0 Å². The molecule has 0 aliphatic heterocycles. The topological polar surface area (TPSA) is 77.5 Å². The fourth-order valence-electron chi connectivity index (χ4n) is 2.42. The van der Waals surface area contributed by atoms with Gasteiger partial charge in [-0.15, -0.1) is 0 Å².